The fraction of sp³-hybridized carbons (Fsp3) is 0.632. The van der Waals surface area contributed by atoms with E-state index in [-0.39, 0.29) is 6.10 Å². The zero-order valence-electron chi connectivity index (χ0n) is 14.9. The molecule has 1 unspecified atom stereocenters. The van der Waals surface area contributed by atoms with Crippen LogP contribution in [0.15, 0.2) is 30.9 Å². The maximum atomic E-state index is 5.99. The Labute approximate surface area is 150 Å². The summed E-state index contributed by atoms with van der Waals surface area (Å²) in [6.45, 7) is 8.54. The van der Waals surface area contributed by atoms with Crippen molar-refractivity contribution in [1.29, 1.82) is 0 Å². The highest BCUT2D eigenvalue weighted by atomic mass is 16.6. The summed E-state index contributed by atoms with van der Waals surface area (Å²) in [5.41, 5.74) is 1.79. The minimum absolute atomic E-state index is 0.0157. The Morgan fingerprint density at radius 1 is 0.920 bits per heavy atom. The summed E-state index contributed by atoms with van der Waals surface area (Å²) in [6.07, 6.45) is 3.68. The van der Waals surface area contributed by atoms with Crippen molar-refractivity contribution in [3.63, 3.8) is 0 Å². The van der Waals surface area contributed by atoms with E-state index in [4.69, 9.17) is 23.7 Å². The van der Waals surface area contributed by atoms with Crippen LogP contribution in [0.25, 0.3) is 0 Å². The molecule has 1 atom stereocenters. The first-order valence-corrected chi connectivity index (χ1v) is 8.87. The summed E-state index contributed by atoms with van der Waals surface area (Å²) >= 11 is 0. The van der Waals surface area contributed by atoms with E-state index in [1.165, 1.54) is 0 Å². The number of aromatic nitrogens is 1. The van der Waals surface area contributed by atoms with E-state index in [9.17, 15) is 0 Å². The second-order valence-corrected chi connectivity index (χ2v) is 5.77. The van der Waals surface area contributed by atoms with Crippen molar-refractivity contribution < 1.29 is 23.7 Å². The normalized spacial score (nSPS) is 21.8. The summed E-state index contributed by atoms with van der Waals surface area (Å²) in [7, 11) is 0. The number of hydrogen-bond acceptors (Lipinski definition) is 6. The van der Waals surface area contributed by atoms with Crippen molar-refractivity contribution in [2.75, 3.05) is 46.2 Å². The first-order chi connectivity index (χ1) is 12.4. The standard InChI is InChI=1S/C19H29NO5/c1-2-3-7-19-16-24-13-11-22-9-8-21-10-12-23-14-17-5-4-6-18(20-17)15-25-19/h2,4-6,19H,1,3,7-16H2. The van der Waals surface area contributed by atoms with Crippen LogP contribution in [0.1, 0.15) is 24.2 Å². The van der Waals surface area contributed by atoms with Gasteiger partial charge in [-0.25, -0.2) is 0 Å². The van der Waals surface area contributed by atoms with Crippen molar-refractivity contribution in [3.05, 3.63) is 42.2 Å². The maximum Gasteiger partial charge on any atom is 0.0892 e. The minimum atomic E-state index is 0.0157. The van der Waals surface area contributed by atoms with Gasteiger partial charge in [-0.2, -0.15) is 0 Å². The van der Waals surface area contributed by atoms with Crippen molar-refractivity contribution in [2.45, 2.75) is 32.2 Å². The minimum Gasteiger partial charge on any atom is -0.377 e. The van der Waals surface area contributed by atoms with Gasteiger partial charge in [0.1, 0.15) is 0 Å². The number of ether oxygens (including phenoxy) is 5. The van der Waals surface area contributed by atoms with Gasteiger partial charge in [0.05, 0.1) is 77.0 Å². The second-order valence-electron chi connectivity index (χ2n) is 5.77. The zero-order valence-corrected chi connectivity index (χ0v) is 14.9. The smallest absolute Gasteiger partial charge is 0.0892 e. The largest absolute Gasteiger partial charge is 0.377 e. The lowest BCUT2D eigenvalue weighted by Crippen LogP contribution is -2.22. The van der Waals surface area contributed by atoms with E-state index in [0.717, 1.165) is 24.2 Å². The molecule has 0 fully saturated rings. The SMILES string of the molecule is C=CCCC1COCCOCCOCCOCc2cccc(n2)CO1. The third-order valence-corrected chi connectivity index (χ3v) is 3.69. The number of rotatable bonds is 3. The Bertz CT molecular complexity index is 483. The highest BCUT2D eigenvalue weighted by Gasteiger charge is 2.10. The second kappa shape index (κ2) is 13.0. The number of fused-ring (bicyclic) bond motifs is 2. The van der Waals surface area contributed by atoms with Crippen LogP contribution in [-0.4, -0.2) is 57.3 Å². The predicted octanol–water partition coefficient (Wildman–Crippen LogP) is 2.51. The Hall–Kier alpha value is -1.31. The number of hydrogen-bond donors (Lipinski definition) is 0. The predicted molar refractivity (Wildman–Crippen MR) is 94.4 cm³/mol. The van der Waals surface area contributed by atoms with Crippen molar-refractivity contribution >= 4 is 0 Å². The first kappa shape index (κ1) is 20.0. The van der Waals surface area contributed by atoms with E-state index in [1.807, 2.05) is 24.3 Å². The molecular weight excluding hydrogens is 322 g/mol. The molecule has 0 amide bonds. The van der Waals surface area contributed by atoms with Gasteiger partial charge in [-0.05, 0) is 25.0 Å². The van der Waals surface area contributed by atoms with Crippen LogP contribution < -0.4 is 0 Å². The van der Waals surface area contributed by atoms with Crippen molar-refractivity contribution in [2.24, 2.45) is 0 Å². The molecule has 0 N–H and O–H groups in total. The average Bonchev–Trinajstić information content (AvgIpc) is 2.64. The summed E-state index contributed by atoms with van der Waals surface area (Å²) < 4.78 is 28.2. The number of nitrogens with zero attached hydrogens (tertiary/aromatic N) is 1. The third kappa shape index (κ3) is 9.09. The first-order valence-electron chi connectivity index (χ1n) is 8.87. The van der Waals surface area contributed by atoms with Gasteiger partial charge in [-0.1, -0.05) is 12.1 Å². The maximum absolute atomic E-state index is 5.99. The molecule has 0 radical (unpaired) electrons. The van der Waals surface area contributed by atoms with Crippen LogP contribution in [0.4, 0.5) is 0 Å². The average molecular weight is 351 g/mol. The Morgan fingerprint density at radius 2 is 1.56 bits per heavy atom. The molecule has 2 rings (SSSR count). The van der Waals surface area contributed by atoms with Gasteiger partial charge >= 0.3 is 0 Å². The third-order valence-electron chi connectivity index (χ3n) is 3.69. The molecule has 2 bridgehead atoms. The Balaban J connectivity index is 1.90. The Morgan fingerprint density at radius 3 is 2.28 bits per heavy atom. The topological polar surface area (TPSA) is 59.0 Å². The molecule has 0 spiro atoms. The summed E-state index contributed by atoms with van der Waals surface area (Å²) in [5, 5.41) is 0. The number of pyridine rings is 1. The molecule has 1 aromatic heterocycles. The summed E-state index contributed by atoms with van der Waals surface area (Å²) in [6, 6.07) is 5.89. The molecule has 6 heteroatoms. The Kier molecular flexibility index (Phi) is 10.4. The van der Waals surface area contributed by atoms with Gasteiger partial charge in [0.15, 0.2) is 0 Å². The molecular formula is C19H29NO5. The molecule has 0 saturated heterocycles. The van der Waals surface area contributed by atoms with Crippen LogP contribution in [-0.2, 0) is 36.9 Å². The van der Waals surface area contributed by atoms with E-state index >= 15 is 0 Å². The van der Waals surface area contributed by atoms with Gasteiger partial charge in [-0.15, -0.1) is 6.58 Å². The molecule has 0 aromatic carbocycles. The fourth-order valence-electron chi connectivity index (χ4n) is 2.36. The molecule has 0 saturated carbocycles. The number of allylic oxidation sites excluding steroid dienone is 1. The van der Waals surface area contributed by atoms with E-state index in [1.54, 1.807) is 0 Å². The molecule has 1 aliphatic rings. The van der Waals surface area contributed by atoms with E-state index in [0.29, 0.717) is 59.5 Å². The van der Waals surface area contributed by atoms with Crippen LogP contribution in [0, 0.1) is 0 Å². The molecule has 2 heterocycles. The highest BCUT2D eigenvalue weighted by molar-refractivity contribution is 5.10. The highest BCUT2D eigenvalue weighted by Crippen LogP contribution is 2.09. The monoisotopic (exact) mass is 351 g/mol. The molecule has 0 aliphatic carbocycles. The molecule has 6 nitrogen and oxygen atoms in total. The lowest BCUT2D eigenvalue weighted by Gasteiger charge is -2.18. The summed E-state index contributed by atoms with van der Waals surface area (Å²) in [5.74, 6) is 0. The van der Waals surface area contributed by atoms with Crippen LogP contribution in [0.5, 0.6) is 0 Å². The lowest BCUT2D eigenvalue weighted by atomic mass is 10.2. The van der Waals surface area contributed by atoms with Crippen molar-refractivity contribution in [3.8, 4) is 0 Å². The van der Waals surface area contributed by atoms with Gasteiger partial charge in [0, 0.05) is 0 Å². The van der Waals surface area contributed by atoms with Crippen molar-refractivity contribution in [1.82, 2.24) is 4.98 Å². The lowest BCUT2D eigenvalue weighted by molar-refractivity contribution is -0.0472. The molecule has 140 valence electrons. The van der Waals surface area contributed by atoms with E-state index < -0.39 is 0 Å². The quantitative estimate of drug-likeness (QED) is 0.780. The molecule has 1 aromatic rings. The summed E-state index contributed by atoms with van der Waals surface area (Å²) in [4.78, 5) is 4.58. The van der Waals surface area contributed by atoms with Crippen LogP contribution >= 0.6 is 0 Å². The van der Waals surface area contributed by atoms with Gasteiger partial charge in [0.2, 0.25) is 0 Å². The molecule has 1 aliphatic heterocycles. The van der Waals surface area contributed by atoms with Gasteiger partial charge < -0.3 is 23.7 Å². The van der Waals surface area contributed by atoms with Gasteiger partial charge in [-0.3, -0.25) is 4.98 Å². The fourth-order valence-corrected chi connectivity index (χ4v) is 2.36. The zero-order chi connectivity index (χ0) is 17.6. The van der Waals surface area contributed by atoms with E-state index in [2.05, 4.69) is 11.6 Å². The van der Waals surface area contributed by atoms with Crippen LogP contribution in [0.2, 0.25) is 0 Å². The molecule has 25 heavy (non-hydrogen) atoms. The van der Waals surface area contributed by atoms with Gasteiger partial charge in [0.25, 0.3) is 0 Å². The van der Waals surface area contributed by atoms with Crippen LogP contribution in [0.3, 0.4) is 0 Å².